The molecule has 3 N–H and O–H groups in total. The van der Waals surface area contributed by atoms with Crippen molar-refractivity contribution in [3.05, 3.63) is 0 Å². The van der Waals surface area contributed by atoms with E-state index in [1.165, 1.54) is 0 Å². The first-order valence-electron chi connectivity index (χ1n) is 5.30. The van der Waals surface area contributed by atoms with Gasteiger partial charge in [-0.25, -0.2) is 0 Å². The molecule has 1 fully saturated rings. The first-order chi connectivity index (χ1) is 7.09. The van der Waals surface area contributed by atoms with Crippen molar-refractivity contribution in [2.45, 2.75) is 44.8 Å². The van der Waals surface area contributed by atoms with E-state index in [2.05, 4.69) is 5.32 Å². The van der Waals surface area contributed by atoms with Gasteiger partial charge in [-0.05, 0) is 26.2 Å². The largest absolute Gasteiger partial charge is 0.392 e. The van der Waals surface area contributed by atoms with E-state index in [1.807, 2.05) is 0 Å². The molecule has 5 heteroatoms. The monoisotopic (exact) mass is 230 g/mol. The first kappa shape index (κ1) is 12.4. The van der Waals surface area contributed by atoms with Crippen LogP contribution >= 0.6 is 12.2 Å². The molecule has 0 aromatic carbocycles. The average molecular weight is 230 g/mol. The SMILES string of the molecule is CC(NC(=O)CC1CCCCO1)C(N)=S. The Balaban J connectivity index is 2.25. The van der Waals surface area contributed by atoms with Crippen LogP contribution in [0.3, 0.4) is 0 Å². The molecule has 0 bridgehead atoms. The van der Waals surface area contributed by atoms with Crippen molar-refractivity contribution in [3.8, 4) is 0 Å². The maximum Gasteiger partial charge on any atom is 0.223 e. The van der Waals surface area contributed by atoms with E-state index in [0.717, 1.165) is 25.9 Å². The molecule has 0 radical (unpaired) electrons. The molecule has 0 spiro atoms. The van der Waals surface area contributed by atoms with E-state index in [9.17, 15) is 4.79 Å². The number of thiocarbonyl (C=S) groups is 1. The molecule has 1 rings (SSSR count). The van der Waals surface area contributed by atoms with Crippen LogP contribution in [0.1, 0.15) is 32.6 Å². The van der Waals surface area contributed by atoms with Crippen LogP contribution in [0.5, 0.6) is 0 Å². The molecule has 86 valence electrons. The van der Waals surface area contributed by atoms with Crippen molar-refractivity contribution < 1.29 is 9.53 Å². The summed E-state index contributed by atoms with van der Waals surface area (Å²) >= 11 is 4.77. The maximum absolute atomic E-state index is 11.5. The van der Waals surface area contributed by atoms with E-state index in [4.69, 9.17) is 22.7 Å². The number of ether oxygens (including phenoxy) is 1. The minimum Gasteiger partial charge on any atom is -0.392 e. The fourth-order valence-corrected chi connectivity index (χ4v) is 1.61. The molecule has 1 aliphatic heterocycles. The van der Waals surface area contributed by atoms with Gasteiger partial charge in [0.25, 0.3) is 0 Å². The van der Waals surface area contributed by atoms with Gasteiger partial charge in [-0.15, -0.1) is 0 Å². The summed E-state index contributed by atoms with van der Waals surface area (Å²) in [7, 11) is 0. The average Bonchev–Trinajstić information content (AvgIpc) is 2.18. The van der Waals surface area contributed by atoms with Crippen molar-refractivity contribution in [1.82, 2.24) is 5.32 Å². The minimum absolute atomic E-state index is 0.0396. The Morgan fingerprint density at radius 1 is 1.67 bits per heavy atom. The first-order valence-corrected chi connectivity index (χ1v) is 5.70. The molecule has 0 aromatic heterocycles. The van der Waals surface area contributed by atoms with Gasteiger partial charge in [0, 0.05) is 6.61 Å². The van der Waals surface area contributed by atoms with Gasteiger partial charge in [0.15, 0.2) is 0 Å². The summed E-state index contributed by atoms with van der Waals surface area (Å²) in [5.41, 5.74) is 5.40. The van der Waals surface area contributed by atoms with Gasteiger partial charge in [-0.1, -0.05) is 12.2 Å². The topological polar surface area (TPSA) is 64.3 Å². The number of hydrogen-bond acceptors (Lipinski definition) is 3. The second-order valence-electron chi connectivity index (χ2n) is 3.88. The lowest BCUT2D eigenvalue weighted by molar-refractivity contribution is -0.125. The molecule has 1 amide bonds. The molecule has 2 atom stereocenters. The summed E-state index contributed by atoms with van der Waals surface area (Å²) in [6.07, 6.45) is 3.68. The molecule has 0 saturated carbocycles. The number of amides is 1. The Kier molecular flexibility index (Phi) is 4.98. The Morgan fingerprint density at radius 3 is 2.93 bits per heavy atom. The molecule has 1 aliphatic rings. The summed E-state index contributed by atoms with van der Waals surface area (Å²) < 4.78 is 5.47. The maximum atomic E-state index is 11.5. The van der Waals surface area contributed by atoms with Crippen molar-refractivity contribution in [1.29, 1.82) is 0 Å². The lowest BCUT2D eigenvalue weighted by Crippen LogP contribution is -2.42. The molecule has 0 aromatic rings. The van der Waals surface area contributed by atoms with Crippen molar-refractivity contribution in [2.24, 2.45) is 5.73 Å². The van der Waals surface area contributed by atoms with Crippen LogP contribution in [0.15, 0.2) is 0 Å². The smallest absolute Gasteiger partial charge is 0.223 e. The predicted octanol–water partition coefficient (Wildman–Crippen LogP) is 0.736. The summed E-state index contributed by atoms with van der Waals surface area (Å²) in [6.45, 7) is 2.55. The highest BCUT2D eigenvalue weighted by Crippen LogP contribution is 2.15. The van der Waals surface area contributed by atoms with E-state index >= 15 is 0 Å². The van der Waals surface area contributed by atoms with E-state index in [0.29, 0.717) is 11.4 Å². The third-order valence-corrected chi connectivity index (χ3v) is 2.84. The molecule has 1 heterocycles. The zero-order valence-corrected chi connectivity index (χ0v) is 9.81. The van der Waals surface area contributed by atoms with Crippen LogP contribution < -0.4 is 11.1 Å². The minimum atomic E-state index is -0.240. The Labute approximate surface area is 95.5 Å². The summed E-state index contributed by atoms with van der Waals surface area (Å²) in [5, 5.41) is 2.74. The summed E-state index contributed by atoms with van der Waals surface area (Å²) in [6, 6.07) is -0.240. The fourth-order valence-electron chi connectivity index (χ4n) is 1.55. The van der Waals surface area contributed by atoms with E-state index < -0.39 is 0 Å². The molecule has 2 unspecified atom stereocenters. The van der Waals surface area contributed by atoms with Crippen molar-refractivity contribution in [2.75, 3.05) is 6.61 Å². The summed E-state index contributed by atoms with van der Waals surface area (Å²) in [5.74, 6) is -0.0396. The second kappa shape index (κ2) is 6.02. The lowest BCUT2D eigenvalue weighted by Gasteiger charge is -2.22. The molecule has 1 saturated heterocycles. The lowest BCUT2D eigenvalue weighted by atomic mass is 10.1. The van der Waals surface area contributed by atoms with Crippen LogP contribution in [0.2, 0.25) is 0 Å². The zero-order valence-electron chi connectivity index (χ0n) is 8.99. The van der Waals surface area contributed by atoms with E-state index in [-0.39, 0.29) is 18.1 Å². The Hall–Kier alpha value is -0.680. The number of nitrogens with two attached hydrogens (primary N) is 1. The number of carbonyl (C=O) groups excluding carboxylic acids is 1. The number of rotatable bonds is 4. The molecular weight excluding hydrogens is 212 g/mol. The molecular formula is C10H18N2O2S. The van der Waals surface area contributed by atoms with Crippen molar-refractivity contribution in [3.63, 3.8) is 0 Å². The summed E-state index contributed by atoms with van der Waals surface area (Å²) in [4.78, 5) is 11.8. The third-order valence-electron chi connectivity index (χ3n) is 2.49. The quantitative estimate of drug-likeness (QED) is 0.699. The highest BCUT2D eigenvalue weighted by molar-refractivity contribution is 7.80. The van der Waals surface area contributed by atoms with Gasteiger partial charge in [0.2, 0.25) is 5.91 Å². The normalized spacial score (nSPS) is 23.1. The van der Waals surface area contributed by atoms with Gasteiger partial charge >= 0.3 is 0 Å². The highest BCUT2D eigenvalue weighted by Gasteiger charge is 2.18. The van der Waals surface area contributed by atoms with Gasteiger partial charge < -0.3 is 15.8 Å². The third kappa shape index (κ3) is 4.57. The number of hydrogen-bond donors (Lipinski definition) is 2. The zero-order chi connectivity index (χ0) is 11.3. The Morgan fingerprint density at radius 2 is 2.40 bits per heavy atom. The van der Waals surface area contributed by atoms with Crippen LogP contribution in [-0.2, 0) is 9.53 Å². The fraction of sp³-hybridized carbons (Fsp3) is 0.800. The number of nitrogens with one attached hydrogen (secondary N) is 1. The van der Waals surface area contributed by atoms with Gasteiger partial charge in [-0.3, -0.25) is 4.79 Å². The van der Waals surface area contributed by atoms with Crippen LogP contribution in [0.4, 0.5) is 0 Å². The number of carbonyl (C=O) groups is 1. The van der Waals surface area contributed by atoms with Crippen LogP contribution in [0, 0.1) is 0 Å². The van der Waals surface area contributed by atoms with E-state index in [1.54, 1.807) is 6.92 Å². The highest BCUT2D eigenvalue weighted by atomic mass is 32.1. The predicted molar refractivity (Wildman–Crippen MR) is 62.6 cm³/mol. The molecule has 0 aliphatic carbocycles. The standard InChI is InChI=1S/C10H18N2O2S/c1-7(10(11)15)12-9(13)6-8-4-2-3-5-14-8/h7-8H,2-6H2,1H3,(H2,11,15)(H,12,13). The van der Waals surface area contributed by atoms with Gasteiger partial charge in [0.05, 0.1) is 23.6 Å². The van der Waals surface area contributed by atoms with Gasteiger partial charge in [0.1, 0.15) is 0 Å². The molecule has 15 heavy (non-hydrogen) atoms. The van der Waals surface area contributed by atoms with Crippen LogP contribution in [-0.4, -0.2) is 29.6 Å². The van der Waals surface area contributed by atoms with Crippen LogP contribution in [0.25, 0.3) is 0 Å². The van der Waals surface area contributed by atoms with Gasteiger partial charge in [-0.2, -0.15) is 0 Å². The molecule has 4 nitrogen and oxygen atoms in total. The Bertz CT molecular complexity index is 240. The van der Waals surface area contributed by atoms with Crippen molar-refractivity contribution >= 4 is 23.1 Å². The second-order valence-corrected chi connectivity index (χ2v) is 4.36.